The number of hydrogen-bond donors (Lipinski definition) is 4. The van der Waals surface area contributed by atoms with Gasteiger partial charge in [-0.1, -0.05) is 13.8 Å². The summed E-state index contributed by atoms with van der Waals surface area (Å²) in [5, 5.41) is 33.8. The Kier molecular flexibility index (Phi) is 6.80. The van der Waals surface area contributed by atoms with Crippen LogP contribution in [0.25, 0.3) is 10.4 Å². The van der Waals surface area contributed by atoms with E-state index in [1.54, 1.807) is 24.4 Å². The highest BCUT2D eigenvalue weighted by Gasteiger charge is 2.49. The van der Waals surface area contributed by atoms with Crippen molar-refractivity contribution in [2.75, 3.05) is 5.32 Å². The molecule has 36 heavy (non-hydrogen) atoms. The van der Waals surface area contributed by atoms with E-state index >= 15 is 0 Å². The molecule has 0 aliphatic heterocycles. The molecule has 4 N–H and O–H groups in total. The molecule has 192 valence electrons. The van der Waals surface area contributed by atoms with Crippen LogP contribution in [0, 0.1) is 11.3 Å². The number of anilines is 2. The summed E-state index contributed by atoms with van der Waals surface area (Å²) < 4.78 is 39.0. The maximum atomic E-state index is 13.0. The molecule has 4 rings (SSSR count). The summed E-state index contributed by atoms with van der Waals surface area (Å²) >= 11 is 1.24. The molecule has 0 spiro atoms. The average Bonchev–Trinajstić information content (AvgIpc) is 3.29. The Labute approximate surface area is 208 Å². The molecular weight excluding hydrogens is 497 g/mol. The van der Waals surface area contributed by atoms with Gasteiger partial charge in [0.2, 0.25) is 5.95 Å². The van der Waals surface area contributed by atoms with Crippen LogP contribution in [0.15, 0.2) is 36.7 Å². The first-order valence-electron chi connectivity index (χ1n) is 11.1. The SMILES string of the molecule is CC1(C)C[C@@](O)(c2ncc(-c3cc(CO)cc(Nc4nccc(C(F)(F)F)n4)c3)s2)CC[C@@H]1C(=O)O. The molecule has 8 nitrogen and oxygen atoms in total. The molecule has 1 aromatic carbocycles. The summed E-state index contributed by atoms with van der Waals surface area (Å²) in [7, 11) is 0. The molecule has 1 aliphatic rings. The summed E-state index contributed by atoms with van der Waals surface area (Å²) in [6, 6.07) is 5.72. The molecular formula is C24H25F3N4O4S. The topological polar surface area (TPSA) is 128 Å². The number of carbonyl (C=O) groups is 1. The van der Waals surface area contributed by atoms with Crippen molar-refractivity contribution in [1.29, 1.82) is 0 Å². The quantitative estimate of drug-likeness (QED) is 0.358. The predicted octanol–water partition coefficient (Wildman–Crippen LogP) is 4.95. The first-order valence-corrected chi connectivity index (χ1v) is 12.0. The van der Waals surface area contributed by atoms with Gasteiger partial charge in [0.05, 0.1) is 17.4 Å². The second-order valence-corrected chi connectivity index (χ2v) is 10.7. The van der Waals surface area contributed by atoms with Gasteiger partial charge < -0.3 is 20.6 Å². The summed E-state index contributed by atoms with van der Waals surface area (Å²) in [6.07, 6.45) is -1.22. The third-order valence-electron chi connectivity index (χ3n) is 6.40. The normalized spacial score (nSPS) is 21.8. The van der Waals surface area contributed by atoms with Crippen molar-refractivity contribution in [1.82, 2.24) is 15.0 Å². The van der Waals surface area contributed by atoms with Crippen molar-refractivity contribution in [3.05, 3.63) is 52.9 Å². The molecule has 0 unspecified atom stereocenters. The number of aliphatic carboxylic acids is 1. The first kappa shape index (κ1) is 26.0. The minimum absolute atomic E-state index is 0.236. The van der Waals surface area contributed by atoms with E-state index in [1.165, 1.54) is 11.3 Å². The third-order valence-corrected chi connectivity index (χ3v) is 7.64. The van der Waals surface area contributed by atoms with Gasteiger partial charge in [-0.3, -0.25) is 4.79 Å². The second kappa shape index (κ2) is 9.41. The van der Waals surface area contributed by atoms with Crippen LogP contribution >= 0.6 is 11.3 Å². The standard InChI is InChI=1S/C24H25F3N4O4S/c1-22(2)12-23(35,5-3-16(22)19(33)34)20-29-10-17(36-20)14-7-13(11-32)8-15(9-14)30-21-28-6-4-18(31-21)24(25,26)27/h4,6-10,16,32,35H,3,5,11-12H2,1-2H3,(H,33,34)(H,28,30,31)/t16-,23-/m1/s1. The van der Waals surface area contributed by atoms with Gasteiger partial charge in [0.1, 0.15) is 16.3 Å². The van der Waals surface area contributed by atoms with E-state index < -0.39 is 34.8 Å². The number of carboxylic acids is 1. The smallest absolute Gasteiger partial charge is 0.433 e. The summed E-state index contributed by atoms with van der Waals surface area (Å²) in [5.74, 6) is -1.69. The maximum Gasteiger partial charge on any atom is 0.433 e. The lowest BCUT2D eigenvalue weighted by molar-refractivity contribution is -0.154. The van der Waals surface area contributed by atoms with Crippen LogP contribution < -0.4 is 5.32 Å². The number of thiazole rings is 1. The van der Waals surface area contributed by atoms with E-state index in [0.29, 0.717) is 33.1 Å². The number of aliphatic hydroxyl groups is 2. The molecule has 0 amide bonds. The molecule has 0 bridgehead atoms. The largest absolute Gasteiger partial charge is 0.481 e. The molecule has 0 saturated heterocycles. The van der Waals surface area contributed by atoms with Crippen molar-refractivity contribution in [2.24, 2.45) is 11.3 Å². The van der Waals surface area contributed by atoms with E-state index in [1.807, 2.05) is 13.8 Å². The number of rotatable bonds is 6. The van der Waals surface area contributed by atoms with E-state index in [9.17, 15) is 33.3 Å². The number of carboxylic acid groups (broad SMARTS) is 1. The zero-order chi connectivity index (χ0) is 26.3. The fourth-order valence-corrected chi connectivity index (χ4v) is 5.72. The third kappa shape index (κ3) is 5.35. The number of nitrogens with one attached hydrogen (secondary N) is 1. The van der Waals surface area contributed by atoms with Crippen LogP contribution in [0.4, 0.5) is 24.8 Å². The highest BCUT2D eigenvalue weighted by atomic mass is 32.1. The molecule has 1 saturated carbocycles. The van der Waals surface area contributed by atoms with Gasteiger partial charge in [-0.15, -0.1) is 11.3 Å². The Balaban J connectivity index is 1.62. The summed E-state index contributed by atoms with van der Waals surface area (Å²) in [4.78, 5) is 24.1. The van der Waals surface area contributed by atoms with E-state index in [2.05, 4.69) is 20.3 Å². The minimum atomic E-state index is -4.62. The van der Waals surface area contributed by atoms with Gasteiger partial charge in [-0.25, -0.2) is 15.0 Å². The lowest BCUT2D eigenvalue weighted by Gasteiger charge is -2.44. The predicted molar refractivity (Wildman–Crippen MR) is 126 cm³/mol. The molecule has 2 heterocycles. The lowest BCUT2D eigenvalue weighted by atomic mass is 9.63. The number of hydrogen-bond acceptors (Lipinski definition) is 8. The zero-order valence-electron chi connectivity index (χ0n) is 19.5. The van der Waals surface area contributed by atoms with Gasteiger partial charge >= 0.3 is 12.1 Å². The van der Waals surface area contributed by atoms with Crippen molar-refractivity contribution < 1.29 is 33.3 Å². The fraction of sp³-hybridized carbons (Fsp3) is 0.417. The van der Waals surface area contributed by atoms with E-state index in [4.69, 9.17) is 0 Å². The van der Waals surface area contributed by atoms with Crippen LogP contribution in [0.3, 0.4) is 0 Å². The Bertz CT molecular complexity index is 1280. The Hall–Kier alpha value is -3.09. The Morgan fingerprint density at radius 2 is 2.00 bits per heavy atom. The van der Waals surface area contributed by atoms with E-state index in [0.717, 1.165) is 12.3 Å². The maximum absolute atomic E-state index is 13.0. The molecule has 2 aromatic heterocycles. The number of benzene rings is 1. The Morgan fingerprint density at radius 1 is 1.25 bits per heavy atom. The lowest BCUT2D eigenvalue weighted by Crippen LogP contribution is -2.44. The van der Waals surface area contributed by atoms with Crippen LogP contribution in [0.2, 0.25) is 0 Å². The van der Waals surface area contributed by atoms with Gasteiger partial charge in [-0.05, 0) is 60.1 Å². The molecule has 0 radical (unpaired) electrons. The molecule has 1 fully saturated rings. The minimum Gasteiger partial charge on any atom is -0.481 e. The monoisotopic (exact) mass is 522 g/mol. The number of aliphatic hydroxyl groups excluding tert-OH is 1. The van der Waals surface area contributed by atoms with Crippen LogP contribution in [0.5, 0.6) is 0 Å². The highest BCUT2D eigenvalue weighted by Crippen LogP contribution is 2.51. The number of halogens is 3. The average molecular weight is 523 g/mol. The molecule has 2 atom stereocenters. The fourth-order valence-electron chi connectivity index (χ4n) is 4.71. The van der Waals surface area contributed by atoms with Crippen LogP contribution in [-0.2, 0) is 23.2 Å². The van der Waals surface area contributed by atoms with Gasteiger partial charge in [-0.2, -0.15) is 13.2 Å². The Morgan fingerprint density at radius 3 is 2.64 bits per heavy atom. The number of alkyl halides is 3. The summed E-state index contributed by atoms with van der Waals surface area (Å²) in [6.45, 7) is 3.33. The number of nitrogens with zero attached hydrogens (tertiary/aromatic N) is 3. The summed E-state index contributed by atoms with van der Waals surface area (Å²) in [5.41, 5.74) is -1.50. The number of aromatic nitrogens is 3. The van der Waals surface area contributed by atoms with Gasteiger partial charge in [0, 0.05) is 18.1 Å². The van der Waals surface area contributed by atoms with Crippen molar-refractivity contribution in [3.8, 4) is 10.4 Å². The molecule has 3 aromatic rings. The molecule has 1 aliphatic carbocycles. The van der Waals surface area contributed by atoms with Gasteiger partial charge in [0.25, 0.3) is 0 Å². The second-order valence-electron chi connectivity index (χ2n) is 9.62. The zero-order valence-corrected chi connectivity index (χ0v) is 20.3. The van der Waals surface area contributed by atoms with Gasteiger partial charge in [0.15, 0.2) is 0 Å². The highest BCUT2D eigenvalue weighted by molar-refractivity contribution is 7.15. The van der Waals surface area contributed by atoms with Crippen LogP contribution in [0.1, 0.15) is 49.4 Å². The van der Waals surface area contributed by atoms with Crippen LogP contribution in [-0.4, -0.2) is 36.2 Å². The van der Waals surface area contributed by atoms with E-state index in [-0.39, 0.29) is 25.4 Å². The first-order chi connectivity index (χ1) is 16.8. The molecule has 12 heteroatoms. The van der Waals surface area contributed by atoms with Crippen molar-refractivity contribution in [3.63, 3.8) is 0 Å². The van der Waals surface area contributed by atoms with Crippen molar-refractivity contribution >= 4 is 28.9 Å². The van der Waals surface area contributed by atoms with Crippen molar-refractivity contribution in [2.45, 2.75) is 51.5 Å².